The van der Waals surface area contributed by atoms with Gasteiger partial charge in [-0.25, -0.2) is 0 Å². The molecule has 0 aliphatic carbocycles. The smallest absolute Gasteiger partial charge is 0.265 e. The maximum absolute atomic E-state index is 12.2. The number of hydrogen-bond donors (Lipinski definition) is 2. The Bertz CT molecular complexity index is 794. The van der Waals surface area contributed by atoms with E-state index in [1.165, 1.54) is 19.1 Å². The second-order valence-corrected chi connectivity index (χ2v) is 6.43. The minimum absolute atomic E-state index is 0.169. The standard InChI is InChI=1S/C17H15Cl3N2O3/c1-9(25-16-8-14(19)13(18)7-15(16)20)17(24)22-12-5-3-11(4-6-12)21-10(2)23/h3-9H,1-2H3,(H,21,23)(H,22,24)/t9-/m0/s1. The van der Waals surface area contributed by atoms with E-state index in [0.717, 1.165) is 0 Å². The van der Waals surface area contributed by atoms with Crippen LogP contribution in [-0.4, -0.2) is 17.9 Å². The molecular weight excluding hydrogens is 387 g/mol. The second kappa shape index (κ2) is 8.43. The Morgan fingerprint density at radius 3 is 2.00 bits per heavy atom. The van der Waals surface area contributed by atoms with Gasteiger partial charge in [0.1, 0.15) is 5.75 Å². The molecule has 0 fully saturated rings. The minimum atomic E-state index is -0.815. The topological polar surface area (TPSA) is 67.4 Å². The van der Waals surface area contributed by atoms with Gasteiger partial charge in [0, 0.05) is 24.4 Å². The summed E-state index contributed by atoms with van der Waals surface area (Å²) in [5, 5.41) is 6.19. The highest BCUT2D eigenvalue weighted by atomic mass is 35.5. The average molecular weight is 402 g/mol. The van der Waals surface area contributed by atoms with Crippen LogP contribution in [0.2, 0.25) is 15.1 Å². The van der Waals surface area contributed by atoms with Crippen LogP contribution >= 0.6 is 34.8 Å². The van der Waals surface area contributed by atoms with Crippen molar-refractivity contribution in [1.29, 1.82) is 0 Å². The summed E-state index contributed by atoms with van der Waals surface area (Å²) >= 11 is 17.8. The molecule has 0 radical (unpaired) electrons. The molecule has 2 aromatic carbocycles. The van der Waals surface area contributed by atoms with Crippen LogP contribution in [0.1, 0.15) is 13.8 Å². The first-order valence-corrected chi connectivity index (χ1v) is 8.39. The van der Waals surface area contributed by atoms with Crippen molar-refractivity contribution < 1.29 is 14.3 Å². The average Bonchev–Trinajstić information content (AvgIpc) is 2.53. The van der Waals surface area contributed by atoms with Crippen LogP contribution in [0, 0.1) is 0 Å². The first kappa shape index (κ1) is 19.4. The van der Waals surface area contributed by atoms with E-state index in [0.29, 0.717) is 16.4 Å². The molecule has 0 bridgehead atoms. The van der Waals surface area contributed by atoms with Crippen molar-refractivity contribution >= 4 is 58.0 Å². The fraction of sp³-hybridized carbons (Fsp3) is 0.176. The normalized spacial score (nSPS) is 11.6. The highest BCUT2D eigenvalue weighted by Gasteiger charge is 2.17. The van der Waals surface area contributed by atoms with Gasteiger partial charge < -0.3 is 15.4 Å². The molecule has 0 saturated carbocycles. The van der Waals surface area contributed by atoms with Crippen molar-refractivity contribution in [1.82, 2.24) is 0 Å². The molecule has 0 aromatic heterocycles. The molecule has 0 aliphatic heterocycles. The summed E-state index contributed by atoms with van der Waals surface area (Å²) in [5.41, 5.74) is 1.20. The minimum Gasteiger partial charge on any atom is -0.479 e. The van der Waals surface area contributed by atoms with E-state index >= 15 is 0 Å². The summed E-state index contributed by atoms with van der Waals surface area (Å²) in [7, 11) is 0. The lowest BCUT2D eigenvalue weighted by atomic mass is 10.2. The molecule has 0 unspecified atom stereocenters. The molecule has 2 N–H and O–H groups in total. The molecule has 2 amide bonds. The number of ether oxygens (including phenoxy) is 1. The number of hydrogen-bond acceptors (Lipinski definition) is 3. The summed E-state index contributed by atoms with van der Waals surface area (Å²) in [6.07, 6.45) is -0.815. The number of anilines is 2. The molecule has 0 saturated heterocycles. The van der Waals surface area contributed by atoms with Gasteiger partial charge in [-0.1, -0.05) is 34.8 Å². The predicted octanol–water partition coefficient (Wildman–Crippen LogP) is 5.01. The Morgan fingerprint density at radius 1 is 0.920 bits per heavy atom. The molecule has 0 spiro atoms. The lowest BCUT2D eigenvalue weighted by Gasteiger charge is -2.16. The van der Waals surface area contributed by atoms with Gasteiger partial charge in [-0.2, -0.15) is 0 Å². The van der Waals surface area contributed by atoms with E-state index in [1.54, 1.807) is 31.2 Å². The monoisotopic (exact) mass is 400 g/mol. The van der Waals surface area contributed by atoms with Crippen LogP contribution in [0.3, 0.4) is 0 Å². The van der Waals surface area contributed by atoms with Gasteiger partial charge in [-0.05, 0) is 37.3 Å². The highest BCUT2D eigenvalue weighted by Crippen LogP contribution is 2.34. The van der Waals surface area contributed by atoms with E-state index < -0.39 is 6.10 Å². The van der Waals surface area contributed by atoms with Gasteiger partial charge >= 0.3 is 0 Å². The Labute approximate surface area is 160 Å². The van der Waals surface area contributed by atoms with Crippen molar-refractivity contribution in [3.63, 3.8) is 0 Å². The molecule has 132 valence electrons. The molecule has 1 atom stereocenters. The number of nitrogens with one attached hydrogen (secondary N) is 2. The zero-order valence-electron chi connectivity index (χ0n) is 13.4. The first-order valence-electron chi connectivity index (χ1n) is 7.26. The lowest BCUT2D eigenvalue weighted by molar-refractivity contribution is -0.122. The number of halogens is 3. The zero-order valence-corrected chi connectivity index (χ0v) is 15.7. The van der Waals surface area contributed by atoms with Gasteiger partial charge in [-0.3, -0.25) is 9.59 Å². The van der Waals surface area contributed by atoms with E-state index in [1.807, 2.05) is 0 Å². The summed E-state index contributed by atoms with van der Waals surface area (Å²) in [6.45, 7) is 3.00. The molecule has 5 nitrogen and oxygen atoms in total. The molecule has 8 heteroatoms. The van der Waals surface area contributed by atoms with Crippen LogP contribution < -0.4 is 15.4 Å². The van der Waals surface area contributed by atoms with E-state index in [-0.39, 0.29) is 27.6 Å². The van der Waals surface area contributed by atoms with Gasteiger partial charge in [-0.15, -0.1) is 0 Å². The zero-order chi connectivity index (χ0) is 18.6. The van der Waals surface area contributed by atoms with Gasteiger partial charge in [0.2, 0.25) is 5.91 Å². The van der Waals surface area contributed by atoms with Crippen LogP contribution in [0.25, 0.3) is 0 Å². The molecule has 2 aromatic rings. The quantitative estimate of drug-likeness (QED) is 0.692. The molecule has 0 aliphatic rings. The van der Waals surface area contributed by atoms with Crippen molar-refractivity contribution in [3.05, 3.63) is 51.5 Å². The lowest BCUT2D eigenvalue weighted by Crippen LogP contribution is -2.30. The molecule has 0 heterocycles. The third kappa shape index (κ3) is 5.53. The summed E-state index contributed by atoms with van der Waals surface area (Å²) in [4.78, 5) is 23.2. The Morgan fingerprint density at radius 2 is 1.44 bits per heavy atom. The van der Waals surface area contributed by atoms with Gasteiger partial charge in [0.25, 0.3) is 5.91 Å². The second-order valence-electron chi connectivity index (χ2n) is 5.20. The van der Waals surface area contributed by atoms with Gasteiger partial charge in [0.05, 0.1) is 15.1 Å². The fourth-order valence-corrected chi connectivity index (χ4v) is 2.50. The SMILES string of the molecule is CC(=O)Nc1ccc(NC(=O)[C@H](C)Oc2cc(Cl)c(Cl)cc2Cl)cc1. The Balaban J connectivity index is 2.00. The van der Waals surface area contributed by atoms with Crippen LogP contribution in [0.4, 0.5) is 11.4 Å². The Kier molecular flexibility index (Phi) is 6.53. The first-order chi connectivity index (χ1) is 11.8. The number of rotatable bonds is 5. The summed E-state index contributed by atoms with van der Waals surface area (Å²) in [6, 6.07) is 9.60. The third-order valence-electron chi connectivity index (χ3n) is 3.12. The van der Waals surface area contributed by atoms with Crippen LogP contribution in [0.15, 0.2) is 36.4 Å². The summed E-state index contributed by atoms with van der Waals surface area (Å²) < 4.78 is 5.55. The van der Waals surface area contributed by atoms with Crippen molar-refractivity contribution in [2.24, 2.45) is 0 Å². The third-order valence-corrected chi connectivity index (χ3v) is 4.14. The number of carbonyl (C=O) groups excluding carboxylic acids is 2. The number of benzene rings is 2. The largest absolute Gasteiger partial charge is 0.479 e. The van der Waals surface area contributed by atoms with Crippen molar-refractivity contribution in [2.45, 2.75) is 20.0 Å². The van der Waals surface area contributed by atoms with Crippen LogP contribution in [-0.2, 0) is 9.59 Å². The van der Waals surface area contributed by atoms with E-state index in [9.17, 15) is 9.59 Å². The predicted molar refractivity (Wildman–Crippen MR) is 101 cm³/mol. The number of amides is 2. The van der Waals surface area contributed by atoms with E-state index in [2.05, 4.69) is 10.6 Å². The van der Waals surface area contributed by atoms with Gasteiger partial charge in [0.15, 0.2) is 6.10 Å². The Hall–Kier alpha value is -1.95. The summed E-state index contributed by atoms with van der Waals surface area (Å²) in [5.74, 6) is -0.272. The highest BCUT2D eigenvalue weighted by molar-refractivity contribution is 6.43. The maximum atomic E-state index is 12.2. The maximum Gasteiger partial charge on any atom is 0.265 e. The number of carbonyl (C=O) groups is 2. The fourth-order valence-electron chi connectivity index (χ4n) is 1.92. The molecular formula is C17H15Cl3N2O3. The van der Waals surface area contributed by atoms with Crippen molar-refractivity contribution in [3.8, 4) is 5.75 Å². The molecule has 2 rings (SSSR count). The van der Waals surface area contributed by atoms with Crippen LogP contribution in [0.5, 0.6) is 5.75 Å². The van der Waals surface area contributed by atoms with E-state index in [4.69, 9.17) is 39.5 Å². The molecule has 25 heavy (non-hydrogen) atoms. The van der Waals surface area contributed by atoms with Crippen molar-refractivity contribution in [2.75, 3.05) is 10.6 Å².